The Kier molecular flexibility index (Phi) is 4.56. The Labute approximate surface area is 86.2 Å². The molecule has 3 atom stereocenters. The van der Waals surface area contributed by atoms with Crippen molar-refractivity contribution in [1.82, 2.24) is 4.90 Å². The van der Waals surface area contributed by atoms with Crippen molar-refractivity contribution >= 4 is 11.8 Å². The van der Waals surface area contributed by atoms with Gasteiger partial charge in [-0.15, -0.1) is 0 Å². The molecule has 0 amide bonds. The van der Waals surface area contributed by atoms with Gasteiger partial charge in [-0.3, -0.25) is 4.90 Å². The van der Waals surface area contributed by atoms with Crippen LogP contribution in [0.3, 0.4) is 0 Å². The molecule has 13 heavy (non-hydrogen) atoms. The molecule has 0 aromatic rings. The number of thioether (sulfide) groups is 1. The lowest BCUT2D eigenvalue weighted by molar-refractivity contribution is 0.134. The van der Waals surface area contributed by atoms with Crippen LogP contribution in [0.1, 0.15) is 20.3 Å². The molecule has 1 heterocycles. The molecule has 1 saturated heterocycles. The van der Waals surface area contributed by atoms with E-state index < -0.39 is 0 Å². The first-order chi connectivity index (χ1) is 6.15. The van der Waals surface area contributed by atoms with Crippen molar-refractivity contribution in [2.75, 3.05) is 25.1 Å². The van der Waals surface area contributed by atoms with E-state index in [-0.39, 0.29) is 0 Å². The van der Waals surface area contributed by atoms with Gasteiger partial charge in [0.05, 0.1) is 0 Å². The first kappa shape index (κ1) is 11.3. The van der Waals surface area contributed by atoms with Crippen LogP contribution in [-0.2, 0) is 0 Å². The lowest BCUT2D eigenvalue weighted by atomic mass is 9.94. The van der Waals surface area contributed by atoms with E-state index >= 15 is 0 Å². The first-order valence-corrected chi connectivity index (χ1v) is 6.53. The zero-order chi connectivity index (χ0) is 9.84. The zero-order valence-corrected chi connectivity index (χ0v) is 9.81. The number of likely N-dealkylation sites (tertiary alicyclic amines) is 1. The third-order valence-corrected chi connectivity index (χ3v) is 3.85. The van der Waals surface area contributed by atoms with Crippen molar-refractivity contribution in [2.45, 2.75) is 32.4 Å². The predicted octanol–water partition coefficient (Wildman–Crippen LogP) is 1.41. The minimum absolute atomic E-state index is 0.428. The van der Waals surface area contributed by atoms with E-state index in [1.165, 1.54) is 25.3 Å². The third-order valence-electron chi connectivity index (χ3n) is 3.03. The Bertz CT molecular complexity index is 152. The molecule has 3 heteroatoms. The van der Waals surface area contributed by atoms with Crippen LogP contribution in [0, 0.1) is 5.92 Å². The van der Waals surface area contributed by atoms with E-state index in [4.69, 9.17) is 5.73 Å². The maximum atomic E-state index is 5.98. The van der Waals surface area contributed by atoms with E-state index in [0.717, 1.165) is 0 Å². The normalized spacial score (nSPS) is 33.2. The second-order valence-electron chi connectivity index (χ2n) is 4.23. The monoisotopic (exact) mass is 202 g/mol. The number of nitrogens with two attached hydrogens (primary N) is 1. The minimum atomic E-state index is 0.428. The maximum Gasteiger partial charge on any atom is 0.0158 e. The van der Waals surface area contributed by atoms with Crippen molar-refractivity contribution in [3.63, 3.8) is 0 Å². The molecule has 0 aliphatic carbocycles. The van der Waals surface area contributed by atoms with Crippen molar-refractivity contribution in [1.29, 1.82) is 0 Å². The molecular weight excluding hydrogens is 180 g/mol. The predicted molar refractivity (Wildman–Crippen MR) is 61.2 cm³/mol. The first-order valence-electron chi connectivity index (χ1n) is 5.13. The van der Waals surface area contributed by atoms with Gasteiger partial charge >= 0.3 is 0 Å². The Balaban J connectivity index is 2.36. The Hall–Kier alpha value is 0.270. The van der Waals surface area contributed by atoms with Crippen LogP contribution in [0.4, 0.5) is 0 Å². The molecule has 2 nitrogen and oxygen atoms in total. The topological polar surface area (TPSA) is 29.3 Å². The van der Waals surface area contributed by atoms with E-state index in [9.17, 15) is 0 Å². The zero-order valence-electron chi connectivity index (χ0n) is 8.99. The Morgan fingerprint density at radius 3 is 2.85 bits per heavy atom. The summed E-state index contributed by atoms with van der Waals surface area (Å²) in [5.74, 6) is 1.90. The molecule has 2 N–H and O–H groups in total. The summed E-state index contributed by atoms with van der Waals surface area (Å²) >= 11 is 1.93. The molecule has 1 aliphatic heterocycles. The van der Waals surface area contributed by atoms with Crippen molar-refractivity contribution < 1.29 is 0 Å². The quantitative estimate of drug-likeness (QED) is 0.750. The summed E-state index contributed by atoms with van der Waals surface area (Å²) in [7, 11) is 0. The molecule has 0 spiro atoms. The Morgan fingerprint density at radius 2 is 2.31 bits per heavy atom. The second kappa shape index (κ2) is 5.23. The molecule has 1 aliphatic rings. The van der Waals surface area contributed by atoms with E-state index in [1.807, 2.05) is 11.8 Å². The van der Waals surface area contributed by atoms with Gasteiger partial charge in [0.15, 0.2) is 0 Å². The average Bonchev–Trinajstić information content (AvgIpc) is 2.10. The van der Waals surface area contributed by atoms with E-state index in [2.05, 4.69) is 25.0 Å². The molecule has 3 unspecified atom stereocenters. The van der Waals surface area contributed by atoms with Crippen LogP contribution in [0.5, 0.6) is 0 Å². The van der Waals surface area contributed by atoms with Gasteiger partial charge < -0.3 is 5.73 Å². The summed E-state index contributed by atoms with van der Waals surface area (Å²) in [6.45, 7) is 6.96. The molecule has 1 fully saturated rings. The fraction of sp³-hybridized carbons (Fsp3) is 1.00. The van der Waals surface area contributed by atoms with Crippen molar-refractivity contribution in [2.24, 2.45) is 11.7 Å². The molecular formula is C10H22N2S. The van der Waals surface area contributed by atoms with Gasteiger partial charge in [-0.1, -0.05) is 6.92 Å². The largest absolute Gasteiger partial charge is 0.327 e. The highest BCUT2D eigenvalue weighted by Gasteiger charge is 2.25. The highest BCUT2D eigenvalue weighted by molar-refractivity contribution is 7.98. The summed E-state index contributed by atoms with van der Waals surface area (Å²) in [5.41, 5.74) is 5.98. The van der Waals surface area contributed by atoms with Crippen LogP contribution in [0.25, 0.3) is 0 Å². The summed E-state index contributed by atoms with van der Waals surface area (Å²) in [5, 5.41) is 0. The molecule has 1 rings (SSSR count). The fourth-order valence-electron chi connectivity index (χ4n) is 1.94. The number of nitrogens with zero attached hydrogens (tertiary/aromatic N) is 1. The van der Waals surface area contributed by atoms with Crippen molar-refractivity contribution in [3.8, 4) is 0 Å². The summed E-state index contributed by atoms with van der Waals surface area (Å²) in [6, 6.07) is 1.14. The second-order valence-corrected chi connectivity index (χ2v) is 5.14. The minimum Gasteiger partial charge on any atom is -0.327 e. The smallest absolute Gasteiger partial charge is 0.0158 e. The molecule has 0 radical (unpaired) electrons. The molecule has 0 aromatic heterocycles. The van der Waals surface area contributed by atoms with E-state index in [0.29, 0.717) is 18.0 Å². The van der Waals surface area contributed by atoms with Gasteiger partial charge in [-0.05, 0) is 32.1 Å². The molecule has 0 bridgehead atoms. The van der Waals surface area contributed by atoms with Crippen LogP contribution < -0.4 is 5.73 Å². The van der Waals surface area contributed by atoms with Crippen LogP contribution >= 0.6 is 11.8 Å². The van der Waals surface area contributed by atoms with Gasteiger partial charge in [-0.2, -0.15) is 11.8 Å². The fourth-order valence-corrected chi connectivity index (χ4v) is 2.64. The SMILES string of the molecule is CSCC(C)N1CCC(N)C(C)C1. The van der Waals surface area contributed by atoms with Crippen LogP contribution in [0.15, 0.2) is 0 Å². The van der Waals surface area contributed by atoms with Crippen LogP contribution in [0.2, 0.25) is 0 Å². The molecule has 0 aromatic carbocycles. The molecule has 0 saturated carbocycles. The number of hydrogen-bond acceptors (Lipinski definition) is 3. The van der Waals surface area contributed by atoms with Gasteiger partial charge in [-0.25, -0.2) is 0 Å². The highest BCUT2D eigenvalue weighted by atomic mass is 32.2. The van der Waals surface area contributed by atoms with E-state index in [1.54, 1.807) is 0 Å². The van der Waals surface area contributed by atoms with Gasteiger partial charge in [0, 0.05) is 24.4 Å². The van der Waals surface area contributed by atoms with Crippen LogP contribution in [-0.4, -0.2) is 42.1 Å². The number of hydrogen-bond donors (Lipinski definition) is 1. The summed E-state index contributed by atoms with van der Waals surface area (Å²) < 4.78 is 0. The van der Waals surface area contributed by atoms with Gasteiger partial charge in [0.1, 0.15) is 0 Å². The standard InChI is InChI=1S/C10H22N2S/c1-8-6-12(5-4-10(8)11)9(2)7-13-3/h8-10H,4-7,11H2,1-3H3. The maximum absolute atomic E-state index is 5.98. The number of rotatable bonds is 3. The van der Waals surface area contributed by atoms with Gasteiger partial charge in [0.2, 0.25) is 0 Å². The van der Waals surface area contributed by atoms with Crippen molar-refractivity contribution in [3.05, 3.63) is 0 Å². The summed E-state index contributed by atoms with van der Waals surface area (Å²) in [6.07, 6.45) is 3.34. The number of piperidine rings is 1. The molecule has 78 valence electrons. The summed E-state index contributed by atoms with van der Waals surface area (Å²) in [4.78, 5) is 2.57. The highest BCUT2D eigenvalue weighted by Crippen LogP contribution is 2.18. The lowest BCUT2D eigenvalue weighted by Crippen LogP contribution is -2.49. The lowest BCUT2D eigenvalue weighted by Gasteiger charge is -2.38. The van der Waals surface area contributed by atoms with Gasteiger partial charge in [0.25, 0.3) is 0 Å². The Morgan fingerprint density at radius 1 is 1.62 bits per heavy atom. The average molecular weight is 202 g/mol. The third kappa shape index (κ3) is 3.15.